The molecule has 0 bridgehead atoms. The summed E-state index contributed by atoms with van der Waals surface area (Å²) in [6, 6.07) is 13.8. The monoisotopic (exact) mass is 252 g/mol. The Morgan fingerprint density at radius 3 is 2.95 bits per heavy atom. The van der Waals surface area contributed by atoms with Crippen LogP contribution in [0.1, 0.15) is 48.5 Å². The summed E-state index contributed by atoms with van der Waals surface area (Å²) in [6.45, 7) is 2.22. The molecule has 1 aliphatic rings. The number of pyridine rings is 1. The van der Waals surface area contributed by atoms with Crippen LogP contribution in [0, 0.1) is 0 Å². The van der Waals surface area contributed by atoms with Crippen molar-refractivity contribution in [1.82, 2.24) is 10.3 Å². The summed E-state index contributed by atoms with van der Waals surface area (Å²) < 4.78 is 0. The smallest absolute Gasteiger partial charge is 0.0328 e. The second-order valence-corrected chi connectivity index (χ2v) is 5.32. The predicted octanol–water partition coefficient (Wildman–Crippen LogP) is 3.81. The van der Waals surface area contributed by atoms with Crippen molar-refractivity contribution in [3.63, 3.8) is 0 Å². The first-order valence-electron chi connectivity index (χ1n) is 7.08. The van der Waals surface area contributed by atoms with E-state index in [0.717, 1.165) is 0 Å². The quantitative estimate of drug-likeness (QED) is 0.898. The number of benzene rings is 1. The third kappa shape index (κ3) is 2.69. The molecule has 0 aliphatic heterocycles. The summed E-state index contributed by atoms with van der Waals surface area (Å²) in [4.78, 5) is 4.20. The van der Waals surface area contributed by atoms with Crippen LogP contribution in [0.4, 0.5) is 0 Å². The molecule has 0 saturated heterocycles. The summed E-state index contributed by atoms with van der Waals surface area (Å²) in [5.41, 5.74) is 4.24. The molecule has 1 heterocycles. The second kappa shape index (κ2) is 5.54. The van der Waals surface area contributed by atoms with Gasteiger partial charge in [-0.2, -0.15) is 0 Å². The first kappa shape index (κ1) is 12.4. The van der Waals surface area contributed by atoms with Crippen LogP contribution in [0.2, 0.25) is 0 Å². The molecule has 0 saturated carbocycles. The van der Waals surface area contributed by atoms with Crippen molar-refractivity contribution >= 4 is 0 Å². The first-order valence-corrected chi connectivity index (χ1v) is 7.08. The van der Waals surface area contributed by atoms with E-state index in [4.69, 9.17) is 0 Å². The summed E-state index contributed by atoms with van der Waals surface area (Å²) in [5, 5.41) is 3.75. The number of rotatable bonds is 3. The van der Waals surface area contributed by atoms with E-state index in [1.165, 1.54) is 36.0 Å². The van der Waals surface area contributed by atoms with E-state index >= 15 is 0 Å². The Morgan fingerprint density at radius 2 is 2.11 bits per heavy atom. The number of fused-ring (bicyclic) bond motifs is 1. The number of nitrogens with zero attached hydrogens (tertiary/aromatic N) is 1. The third-order valence-corrected chi connectivity index (χ3v) is 4.01. The predicted molar refractivity (Wildman–Crippen MR) is 77.9 cm³/mol. The van der Waals surface area contributed by atoms with E-state index in [1.54, 1.807) is 0 Å². The SMILES string of the molecule is C[C@H](NC1CCCc2ccccc21)c1cccnc1. The summed E-state index contributed by atoms with van der Waals surface area (Å²) in [7, 11) is 0. The Balaban J connectivity index is 1.78. The lowest BCUT2D eigenvalue weighted by Gasteiger charge is -2.29. The van der Waals surface area contributed by atoms with E-state index in [1.807, 2.05) is 18.5 Å². The normalized spacial score (nSPS) is 19.7. The van der Waals surface area contributed by atoms with Crippen LogP contribution in [0.5, 0.6) is 0 Å². The van der Waals surface area contributed by atoms with Crippen molar-refractivity contribution in [2.24, 2.45) is 0 Å². The number of aromatic nitrogens is 1. The standard InChI is InChI=1S/C17H20N2/c1-13(15-8-5-11-18-12-15)19-17-10-4-7-14-6-2-3-9-16(14)17/h2-3,5-6,8-9,11-13,17,19H,4,7,10H2,1H3/t13-,17?/m0/s1. The van der Waals surface area contributed by atoms with Crippen molar-refractivity contribution in [3.8, 4) is 0 Å². The highest BCUT2D eigenvalue weighted by molar-refractivity contribution is 5.32. The molecule has 98 valence electrons. The van der Waals surface area contributed by atoms with Crippen molar-refractivity contribution in [2.75, 3.05) is 0 Å². The zero-order valence-corrected chi connectivity index (χ0v) is 11.3. The molecule has 0 fully saturated rings. The van der Waals surface area contributed by atoms with E-state index in [2.05, 4.69) is 47.6 Å². The number of aryl methyl sites for hydroxylation is 1. The van der Waals surface area contributed by atoms with Crippen molar-refractivity contribution in [1.29, 1.82) is 0 Å². The second-order valence-electron chi connectivity index (χ2n) is 5.32. The Morgan fingerprint density at radius 1 is 1.21 bits per heavy atom. The van der Waals surface area contributed by atoms with Crippen LogP contribution in [0.3, 0.4) is 0 Å². The maximum Gasteiger partial charge on any atom is 0.0328 e. The van der Waals surface area contributed by atoms with Crippen LogP contribution < -0.4 is 5.32 Å². The summed E-state index contributed by atoms with van der Waals surface area (Å²) in [6.07, 6.45) is 7.49. The molecular formula is C17H20N2. The van der Waals surface area contributed by atoms with Gasteiger partial charge < -0.3 is 5.32 Å². The maximum atomic E-state index is 4.20. The molecule has 1 aromatic carbocycles. The number of hydrogen-bond donors (Lipinski definition) is 1. The van der Waals surface area contributed by atoms with Crippen LogP contribution in [0.15, 0.2) is 48.8 Å². The Hall–Kier alpha value is -1.67. The molecule has 3 rings (SSSR count). The van der Waals surface area contributed by atoms with Crippen LogP contribution >= 0.6 is 0 Å². The third-order valence-electron chi connectivity index (χ3n) is 4.01. The molecule has 0 amide bonds. The molecule has 1 aliphatic carbocycles. The van der Waals surface area contributed by atoms with Gasteiger partial charge in [-0.1, -0.05) is 30.3 Å². The summed E-state index contributed by atoms with van der Waals surface area (Å²) >= 11 is 0. The molecule has 2 nitrogen and oxygen atoms in total. The first-order chi connectivity index (χ1) is 9.34. The average Bonchev–Trinajstić information content (AvgIpc) is 2.48. The Labute approximate surface area is 114 Å². The van der Waals surface area contributed by atoms with Gasteiger partial charge in [0.2, 0.25) is 0 Å². The number of hydrogen-bond acceptors (Lipinski definition) is 2. The Kier molecular flexibility index (Phi) is 3.60. The molecule has 0 spiro atoms. The lowest BCUT2D eigenvalue weighted by molar-refractivity contribution is 0.415. The van der Waals surface area contributed by atoms with Crippen LogP contribution in [-0.4, -0.2) is 4.98 Å². The minimum Gasteiger partial charge on any atom is -0.303 e. The molecule has 2 heteroatoms. The summed E-state index contributed by atoms with van der Waals surface area (Å²) in [5.74, 6) is 0. The Bertz CT molecular complexity index is 536. The zero-order valence-electron chi connectivity index (χ0n) is 11.3. The molecule has 19 heavy (non-hydrogen) atoms. The van der Waals surface area contributed by atoms with Gasteiger partial charge in [0.25, 0.3) is 0 Å². The lowest BCUT2D eigenvalue weighted by atomic mass is 9.87. The highest BCUT2D eigenvalue weighted by Gasteiger charge is 2.21. The van der Waals surface area contributed by atoms with E-state index in [0.29, 0.717) is 12.1 Å². The van der Waals surface area contributed by atoms with E-state index in [9.17, 15) is 0 Å². The van der Waals surface area contributed by atoms with Gasteiger partial charge >= 0.3 is 0 Å². The molecule has 2 atom stereocenters. The van der Waals surface area contributed by atoms with Gasteiger partial charge in [0.15, 0.2) is 0 Å². The van der Waals surface area contributed by atoms with Gasteiger partial charge in [-0.15, -0.1) is 0 Å². The van der Waals surface area contributed by atoms with Gasteiger partial charge in [0.1, 0.15) is 0 Å². The minimum absolute atomic E-state index is 0.338. The van der Waals surface area contributed by atoms with Crippen molar-refractivity contribution < 1.29 is 0 Å². The topological polar surface area (TPSA) is 24.9 Å². The van der Waals surface area contributed by atoms with Gasteiger partial charge in [0, 0.05) is 24.5 Å². The zero-order chi connectivity index (χ0) is 13.1. The molecular weight excluding hydrogens is 232 g/mol. The minimum atomic E-state index is 0.338. The van der Waals surface area contributed by atoms with Gasteiger partial charge in [0.05, 0.1) is 0 Å². The van der Waals surface area contributed by atoms with Gasteiger partial charge in [-0.3, -0.25) is 4.98 Å². The van der Waals surface area contributed by atoms with E-state index < -0.39 is 0 Å². The fourth-order valence-electron chi connectivity index (χ4n) is 2.96. The fourth-order valence-corrected chi connectivity index (χ4v) is 2.96. The van der Waals surface area contributed by atoms with E-state index in [-0.39, 0.29) is 0 Å². The highest BCUT2D eigenvalue weighted by atomic mass is 14.9. The average molecular weight is 252 g/mol. The van der Waals surface area contributed by atoms with Crippen molar-refractivity contribution in [3.05, 3.63) is 65.5 Å². The highest BCUT2D eigenvalue weighted by Crippen LogP contribution is 2.31. The molecule has 1 N–H and O–H groups in total. The molecule has 1 aromatic heterocycles. The van der Waals surface area contributed by atoms with Crippen LogP contribution in [-0.2, 0) is 6.42 Å². The van der Waals surface area contributed by atoms with Gasteiger partial charge in [-0.25, -0.2) is 0 Å². The van der Waals surface area contributed by atoms with Crippen molar-refractivity contribution in [2.45, 2.75) is 38.3 Å². The lowest BCUT2D eigenvalue weighted by Crippen LogP contribution is -2.27. The number of nitrogens with one attached hydrogen (secondary N) is 1. The van der Waals surface area contributed by atoms with Gasteiger partial charge in [-0.05, 0) is 48.9 Å². The largest absolute Gasteiger partial charge is 0.303 e. The maximum absolute atomic E-state index is 4.20. The van der Waals surface area contributed by atoms with Crippen LogP contribution in [0.25, 0.3) is 0 Å². The molecule has 1 unspecified atom stereocenters. The molecule has 0 radical (unpaired) electrons. The fraction of sp³-hybridized carbons (Fsp3) is 0.353. The molecule has 2 aromatic rings.